The van der Waals surface area contributed by atoms with Gasteiger partial charge in [-0.1, -0.05) is 35.9 Å². The molecular formula is C25H27ClN2O3. The van der Waals surface area contributed by atoms with Crippen molar-refractivity contribution in [3.05, 3.63) is 81.9 Å². The fraction of sp³-hybridized carbons (Fsp3) is 0.240. The van der Waals surface area contributed by atoms with Crippen molar-refractivity contribution in [3.8, 4) is 11.5 Å². The summed E-state index contributed by atoms with van der Waals surface area (Å²) in [5, 5.41) is 6.84. The van der Waals surface area contributed by atoms with Gasteiger partial charge < -0.3 is 20.1 Å². The molecule has 0 bridgehead atoms. The maximum absolute atomic E-state index is 12.2. The molecule has 0 aliphatic carbocycles. The number of amides is 1. The van der Waals surface area contributed by atoms with Gasteiger partial charge in [0.05, 0.1) is 7.11 Å². The Morgan fingerprint density at radius 1 is 0.968 bits per heavy atom. The van der Waals surface area contributed by atoms with Gasteiger partial charge in [-0.15, -0.1) is 0 Å². The number of aryl methyl sites for hydroxylation is 2. The second-order valence-corrected chi connectivity index (χ2v) is 7.79. The van der Waals surface area contributed by atoms with Gasteiger partial charge in [0.2, 0.25) is 0 Å². The van der Waals surface area contributed by atoms with Gasteiger partial charge in [-0.05, 0) is 73.4 Å². The molecule has 0 heterocycles. The third-order valence-corrected chi connectivity index (χ3v) is 5.54. The minimum Gasteiger partial charge on any atom is -0.493 e. The van der Waals surface area contributed by atoms with Crippen molar-refractivity contribution in [2.75, 3.05) is 24.4 Å². The average Bonchev–Trinajstić information content (AvgIpc) is 2.76. The number of halogens is 1. The van der Waals surface area contributed by atoms with E-state index in [0.29, 0.717) is 28.8 Å². The zero-order chi connectivity index (χ0) is 22.4. The standard InChI is InChI=1S/C25H27ClN2O3/c1-16-6-5-7-22(18(16)3)27-14-19-9-11-23(24(12-19)30-4)31-15-25(29)28-20-10-8-17(2)21(26)13-20/h5-13,27H,14-15H2,1-4H3,(H,28,29). The van der Waals surface area contributed by atoms with Crippen LogP contribution in [0.15, 0.2) is 54.6 Å². The largest absolute Gasteiger partial charge is 0.493 e. The lowest BCUT2D eigenvalue weighted by atomic mass is 10.1. The van der Waals surface area contributed by atoms with E-state index in [4.69, 9.17) is 21.1 Å². The first-order chi connectivity index (χ1) is 14.9. The summed E-state index contributed by atoms with van der Waals surface area (Å²) in [6, 6.07) is 17.2. The molecule has 6 heteroatoms. The predicted octanol–water partition coefficient (Wildman–Crippen LogP) is 5.90. The molecule has 3 rings (SSSR count). The molecule has 0 aliphatic heterocycles. The Morgan fingerprint density at radius 3 is 2.52 bits per heavy atom. The number of carbonyl (C=O) groups is 1. The zero-order valence-corrected chi connectivity index (χ0v) is 19.0. The highest BCUT2D eigenvalue weighted by Gasteiger charge is 2.10. The molecule has 0 atom stereocenters. The lowest BCUT2D eigenvalue weighted by Crippen LogP contribution is -2.20. The summed E-state index contributed by atoms with van der Waals surface area (Å²) in [5.74, 6) is 0.809. The van der Waals surface area contributed by atoms with Crippen LogP contribution in [0.2, 0.25) is 5.02 Å². The molecule has 0 unspecified atom stereocenters. The molecule has 0 aliphatic rings. The normalized spacial score (nSPS) is 10.5. The quantitative estimate of drug-likeness (QED) is 0.459. The van der Waals surface area contributed by atoms with Crippen LogP contribution in [-0.4, -0.2) is 19.6 Å². The summed E-state index contributed by atoms with van der Waals surface area (Å²) >= 11 is 6.10. The van der Waals surface area contributed by atoms with Gasteiger partial charge >= 0.3 is 0 Å². The summed E-state index contributed by atoms with van der Waals surface area (Å²) in [6.07, 6.45) is 0. The fourth-order valence-electron chi connectivity index (χ4n) is 3.09. The number of rotatable bonds is 8. The molecule has 3 aromatic rings. The van der Waals surface area contributed by atoms with Crippen LogP contribution in [0.5, 0.6) is 11.5 Å². The molecule has 162 valence electrons. The first-order valence-electron chi connectivity index (χ1n) is 10.0. The summed E-state index contributed by atoms with van der Waals surface area (Å²) in [5.41, 5.74) is 6.21. The Labute approximate surface area is 188 Å². The molecule has 0 fully saturated rings. The molecule has 0 radical (unpaired) electrons. The van der Waals surface area contributed by atoms with Crippen molar-refractivity contribution in [2.24, 2.45) is 0 Å². The number of ether oxygens (including phenoxy) is 2. The van der Waals surface area contributed by atoms with Crippen molar-refractivity contribution in [1.82, 2.24) is 0 Å². The SMILES string of the molecule is COc1cc(CNc2cccc(C)c2C)ccc1OCC(=O)Nc1ccc(C)c(Cl)c1. The summed E-state index contributed by atoms with van der Waals surface area (Å²) in [7, 11) is 1.58. The van der Waals surface area contributed by atoms with Gasteiger partial charge in [0.25, 0.3) is 5.91 Å². The second-order valence-electron chi connectivity index (χ2n) is 7.39. The third kappa shape index (κ3) is 5.92. The van der Waals surface area contributed by atoms with E-state index in [1.807, 2.05) is 37.3 Å². The fourth-order valence-corrected chi connectivity index (χ4v) is 3.27. The van der Waals surface area contributed by atoms with E-state index >= 15 is 0 Å². The van der Waals surface area contributed by atoms with Crippen LogP contribution in [0.1, 0.15) is 22.3 Å². The topological polar surface area (TPSA) is 59.6 Å². The van der Waals surface area contributed by atoms with E-state index in [1.54, 1.807) is 19.2 Å². The van der Waals surface area contributed by atoms with Gasteiger partial charge in [-0.25, -0.2) is 0 Å². The highest BCUT2D eigenvalue weighted by molar-refractivity contribution is 6.31. The van der Waals surface area contributed by atoms with Crippen LogP contribution in [0, 0.1) is 20.8 Å². The Balaban J connectivity index is 1.59. The van der Waals surface area contributed by atoms with Gasteiger partial charge in [0.15, 0.2) is 18.1 Å². The highest BCUT2D eigenvalue weighted by atomic mass is 35.5. The maximum Gasteiger partial charge on any atom is 0.262 e. The molecule has 0 aromatic heterocycles. The Kier molecular flexibility index (Phi) is 7.42. The number of methoxy groups -OCH3 is 1. The van der Waals surface area contributed by atoms with Crippen LogP contribution in [0.25, 0.3) is 0 Å². The molecule has 31 heavy (non-hydrogen) atoms. The number of hydrogen-bond acceptors (Lipinski definition) is 4. The van der Waals surface area contributed by atoms with E-state index < -0.39 is 0 Å². The molecule has 0 spiro atoms. The summed E-state index contributed by atoms with van der Waals surface area (Å²) in [4.78, 5) is 12.2. The van der Waals surface area contributed by atoms with Crippen molar-refractivity contribution in [2.45, 2.75) is 27.3 Å². The monoisotopic (exact) mass is 438 g/mol. The number of hydrogen-bond donors (Lipinski definition) is 2. The van der Waals surface area contributed by atoms with Crippen molar-refractivity contribution < 1.29 is 14.3 Å². The van der Waals surface area contributed by atoms with Crippen LogP contribution in [0.4, 0.5) is 11.4 Å². The Morgan fingerprint density at radius 2 is 1.77 bits per heavy atom. The summed E-state index contributed by atoms with van der Waals surface area (Å²) < 4.78 is 11.1. The first kappa shape index (κ1) is 22.5. The van der Waals surface area contributed by atoms with E-state index in [2.05, 4.69) is 36.6 Å². The number of nitrogens with one attached hydrogen (secondary N) is 2. The average molecular weight is 439 g/mol. The van der Waals surface area contributed by atoms with Gasteiger partial charge in [-0.3, -0.25) is 4.79 Å². The smallest absolute Gasteiger partial charge is 0.262 e. The van der Waals surface area contributed by atoms with Crippen LogP contribution >= 0.6 is 11.6 Å². The molecular weight excluding hydrogens is 412 g/mol. The van der Waals surface area contributed by atoms with Gasteiger partial charge in [0.1, 0.15) is 0 Å². The van der Waals surface area contributed by atoms with Crippen LogP contribution < -0.4 is 20.1 Å². The maximum atomic E-state index is 12.2. The van der Waals surface area contributed by atoms with Crippen molar-refractivity contribution >= 4 is 28.9 Å². The molecule has 1 amide bonds. The minimum absolute atomic E-state index is 0.137. The summed E-state index contributed by atoms with van der Waals surface area (Å²) in [6.45, 7) is 6.62. The van der Waals surface area contributed by atoms with E-state index in [9.17, 15) is 4.79 Å². The lowest BCUT2D eigenvalue weighted by molar-refractivity contribution is -0.118. The molecule has 0 saturated carbocycles. The van der Waals surface area contributed by atoms with Crippen molar-refractivity contribution in [3.63, 3.8) is 0 Å². The van der Waals surface area contributed by atoms with E-state index in [1.165, 1.54) is 11.1 Å². The Hall–Kier alpha value is -3.18. The van der Waals surface area contributed by atoms with Gasteiger partial charge in [-0.2, -0.15) is 0 Å². The van der Waals surface area contributed by atoms with Crippen molar-refractivity contribution in [1.29, 1.82) is 0 Å². The number of benzene rings is 3. The number of anilines is 2. The number of carbonyl (C=O) groups excluding carboxylic acids is 1. The highest BCUT2D eigenvalue weighted by Crippen LogP contribution is 2.29. The predicted molar refractivity (Wildman–Crippen MR) is 127 cm³/mol. The second kappa shape index (κ2) is 10.2. The molecule has 0 saturated heterocycles. The minimum atomic E-state index is -0.275. The first-order valence-corrected chi connectivity index (χ1v) is 10.4. The lowest BCUT2D eigenvalue weighted by Gasteiger charge is -2.14. The molecule has 5 nitrogen and oxygen atoms in total. The molecule has 2 N–H and O–H groups in total. The Bertz CT molecular complexity index is 1080. The van der Waals surface area contributed by atoms with Crippen LogP contribution in [0.3, 0.4) is 0 Å². The van der Waals surface area contributed by atoms with E-state index in [-0.39, 0.29) is 12.5 Å². The third-order valence-electron chi connectivity index (χ3n) is 5.13. The molecule has 3 aromatic carbocycles. The van der Waals surface area contributed by atoms with Crippen LogP contribution in [-0.2, 0) is 11.3 Å². The van der Waals surface area contributed by atoms with Gasteiger partial charge in [0, 0.05) is 22.9 Å². The zero-order valence-electron chi connectivity index (χ0n) is 18.2. The van der Waals surface area contributed by atoms with E-state index in [0.717, 1.165) is 16.8 Å².